The van der Waals surface area contributed by atoms with Crippen molar-refractivity contribution >= 4 is 17.8 Å². The lowest BCUT2D eigenvalue weighted by atomic mass is 9.98. The Bertz CT molecular complexity index is 620. The molecule has 1 aliphatic heterocycles. The Balaban J connectivity index is 1.89. The molecule has 2 amide bonds. The van der Waals surface area contributed by atoms with Gasteiger partial charge < -0.3 is 15.3 Å². The lowest BCUT2D eigenvalue weighted by Crippen LogP contribution is -2.48. The molecule has 130 valence electrons. The third-order valence-electron chi connectivity index (χ3n) is 4.13. The number of rotatable bonds is 6. The van der Waals surface area contributed by atoms with E-state index in [2.05, 4.69) is 5.32 Å². The summed E-state index contributed by atoms with van der Waals surface area (Å²) in [6, 6.07) is 5.14. The van der Waals surface area contributed by atoms with Gasteiger partial charge in [0, 0.05) is 24.6 Å². The molecule has 0 spiro atoms. The van der Waals surface area contributed by atoms with E-state index in [0.29, 0.717) is 13.0 Å². The molecule has 0 aliphatic carbocycles. The average molecular weight is 336 g/mol. The van der Waals surface area contributed by atoms with E-state index >= 15 is 0 Å². The summed E-state index contributed by atoms with van der Waals surface area (Å²) in [5.74, 6) is -2.15. The number of carboxylic acid groups (broad SMARTS) is 1. The highest BCUT2D eigenvalue weighted by molar-refractivity contribution is 5.96. The molecule has 1 aromatic carbocycles. The first kappa shape index (κ1) is 17.9. The lowest BCUT2D eigenvalue weighted by molar-refractivity contribution is -0.139. The number of carbonyl (C=O) groups excluding carboxylic acids is 2. The number of amides is 2. The molecule has 0 bridgehead atoms. The molecule has 2 N–H and O–H groups in total. The fraction of sp³-hybridized carbons (Fsp3) is 0.471. The lowest BCUT2D eigenvalue weighted by Gasteiger charge is -2.35. The van der Waals surface area contributed by atoms with Crippen LogP contribution in [0.25, 0.3) is 0 Å². The van der Waals surface area contributed by atoms with Gasteiger partial charge in [0.1, 0.15) is 5.82 Å². The quantitative estimate of drug-likeness (QED) is 0.829. The molecule has 6 nitrogen and oxygen atoms in total. The summed E-state index contributed by atoms with van der Waals surface area (Å²) < 4.78 is 13.1. The van der Waals surface area contributed by atoms with Crippen LogP contribution in [0.1, 0.15) is 42.5 Å². The van der Waals surface area contributed by atoms with Crippen LogP contribution in [-0.4, -0.2) is 46.9 Å². The van der Waals surface area contributed by atoms with E-state index < -0.39 is 17.7 Å². The van der Waals surface area contributed by atoms with Gasteiger partial charge in [0.2, 0.25) is 5.91 Å². The minimum Gasteiger partial charge on any atom is -0.481 e. The Hall–Kier alpha value is -2.44. The highest BCUT2D eigenvalue weighted by atomic mass is 19.1. The van der Waals surface area contributed by atoms with Crippen LogP contribution < -0.4 is 5.32 Å². The summed E-state index contributed by atoms with van der Waals surface area (Å²) in [4.78, 5) is 36.7. The van der Waals surface area contributed by atoms with Gasteiger partial charge in [-0.05, 0) is 43.9 Å². The zero-order valence-corrected chi connectivity index (χ0v) is 13.3. The molecule has 1 heterocycles. The van der Waals surface area contributed by atoms with Crippen LogP contribution in [0.5, 0.6) is 0 Å². The topological polar surface area (TPSA) is 86.7 Å². The first-order chi connectivity index (χ1) is 11.5. The van der Waals surface area contributed by atoms with Crippen molar-refractivity contribution in [2.45, 2.75) is 38.1 Å². The van der Waals surface area contributed by atoms with E-state index in [9.17, 15) is 18.8 Å². The number of hydrogen-bond donors (Lipinski definition) is 2. The second-order valence-corrected chi connectivity index (χ2v) is 5.86. The molecule has 1 saturated heterocycles. The number of carboxylic acids is 1. The number of hydrogen-bond acceptors (Lipinski definition) is 3. The first-order valence-electron chi connectivity index (χ1n) is 8.02. The minimum absolute atomic E-state index is 0.0180. The number of halogens is 1. The summed E-state index contributed by atoms with van der Waals surface area (Å²) in [6.07, 6.45) is 3.04. The Morgan fingerprint density at radius 1 is 1.29 bits per heavy atom. The maximum atomic E-state index is 13.1. The summed E-state index contributed by atoms with van der Waals surface area (Å²) in [5, 5.41) is 11.3. The monoisotopic (exact) mass is 336 g/mol. The molecule has 0 aromatic heterocycles. The van der Waals surface area contributed by atoms with Gasteiger partial charge in [-0.25, -0.2) is 4.39 Å². The molecule has 1 unspecified atom stereocenters. The predicted molar refractivity (Wildman–Crippen MR) is 85.0 cm³/mol. The van der Waals surface area contributed by atoms with E-state index in [4.69, 9.17) is 5.11 Å². The standard InChI is InChI=1S/C17H21FN2O4/c18-13-5-3-4-12(10-13)17(24)19-11-15(21)20-9-2-1-6-14(20)7-8-16(22)23/h3-5,10,14H,1-2,6-9,11H2,(H,19,24)(H,22,23). The molecule has 7 heteroatoms. The van der Waals surface area contributed by atoms with E-state index in [1.54, 1.807) is 4.90 Å². The van der Waals surface area contributed by atoms with Crippen LogP contribution in [0.15, 0.2) is 24.3 Å². The molecular formula is C17H21FN2O4. The Morgan fingerprint density at radius 3 is 2.79 bits per heavy atom. The van der Waals surface area contributed by atoms with E-state index in [-0.39, 0.29) is 30.5 Å². The van der Waals surface area contributed by atoms with Crippen LogP contribution >= 0.6 is 0 Å². The van der Waals surface area contributed by atoms with Crippen molar-refractivity contribution in [2.24, 2.45) is 0 Å². The van der Waals surface area contributed by atoms with E-state index in [1.165, 1.54) is 18.2 Å². The molecule has 2 rings (SSSR count). The number of aliphatic carboxylic acids is 1. The summed E-state index contributed by atoms with van der Waals surface area (Å²) >= 11 is 0. The van der Waals surface area contributed by atoms with Crippen LogP contribution in [0.3, 0.4) is 0 Å². The molecule has 1 aliphatic rings. The molecule has 24 heavy (non-hydrogen) atoms. The summed E-state index contributed by atoms with van der Waals surface area (Å²) in [5.41, 5.74) is 0.156. The van der Waals surface area contributed by atoms with Gasteiger partial charge in [0.05, 0.1) is 6.54 Å². The fourth-order valence-corrected chi connectivity index (χ4v) is 2.91. The third kappa shape index (κ3) is 5.04. The van der Waals surface area contributed by atoms with Gasteiger partial charge in [-0.15, -0.1) is 0 Å². The van der Waals surface area contributed by atoms with Crippen LogP contribution in [0.2, 0.25) is 0 Å². The van der Waals surface area contributed by atoms with Gasteiger partial charge in [0.15, 0.2) is 0 Å². The van der Waals surface area contributed by atoms with Crippen molar-refractivity contribution < 1.29 is 23.9 Å². The van der Waals surface area contributed by atoms with Crippen molar-refractivity contribution in [3.05, 3.63) is 35.6 Å². The number of likely N-dealkylation sites (tertiary alicyclic amines) is 1. The van der Waals surface area contributed by atoms with E-state index in [1.807, 2.05) is 0 Å². The molecule has 1 aromatic rings. The second-order valence-electron chi connectivity index (χ2n) is 5.86. The Labute approximate surface area is 139 Å². The zero-order valence-electron chi connectivity index (χ0n) is 13.3. The maximum absolute atomic E-state index is 13.1. The van der Waals surface area contributed by atoms with Gasteiger partial charge in [-0.1, -0.05) is 6.07 Å². The predicted octanol–water partition coefficient (Wildman–Crippen LogP) is 1.80. The summed E-state index contributed by atoms with van der Waals surface area (Å²) in [6.45, 7) is 0.387. The molecular weight excluding hydrogens is 315 g/mol. The van der Waals surface area contributed by atoms with Gasteiger partial charge >= 0.3 is 5.97 Å². The summed E-state index contributed by atoms with van der Waals surface area (Å²) in [7, 11) is 0. The van der Waals surface area contributed by atoms with Crippen molar-refractivity contribution in [1.29, 1.82) is 0 Å². The highest BCUT2D eigenvalue weighted by Crippen LogP contribution is 2.21. The van der Waals surface area contributed by atoms with Gasteiger partial charge in [-0.2, -0.15) is 0 Å². The first-order valence-corrected chi connectivity index (χ1v) is 8.02. The van der Waals surface area contributed by atoms with Crippen molar-refractivity contribution in [3.63, 3.8) is 0 Å². The minimum atomic E-state index is -0.882. The van der Waals surface area contributed by atoms with Crippen molar-refractivity contribution in [3.8, 4) is 0 Å². The maximum Gasteiger partial charge on any atom is 0.303 e. The van der Waals surface area contributed by atoms with Gasteiger partial charge in [-0.3, -0.25) is 14.4 Å². The van der Waals surface area contributed by atoms with Crippen molar-refractivity contribution in [2.75, 3.05) is 13.1 Å². The molecule has 1 fully saturated rings. The fourth-order valence-electron chi connectivity index (χ4n) is 2.91. The normalized spacial score (nSPS) is 17.4. The smallest absolute Gasteiger partial charge is 0.303 e. The number of benzene rings is 1. The van der Waals surface area contributed by atoms with Crippen LogP contribution in [-0.2, 0) is 9.59 Å². The molecule has 0 saturated carbocycles. The number of nitrogens with one attached hydrogen (secondary N) is 1. The Morgan fingerprint density at radius 2 is 2.08 bits per heavy atom. The van der Waals surface area contributed by atoms with Crippen LogP contribution in [0.4, 0.5) is 4.39 Å². The highest BCUT2D eigenvalue weighted by Gasteiger charge is 2.27. The third-order valence-corrected chi connectivity index (χ3v) is 4.13. The van der Waals surface area contributed by atoms with E-state index in [0.717, 1.165) is 25.3 Å². The SMILES string of the molecule is O=C(O)CCC1CCCCN1C(=O)CNC(=O)c1cccc(F)c1. The number of carbonyl (C=O) groups is 3. The molecule has 1 atom stereocenters. The molecule has 0 radical (unpaired) electrons. The Kier molecular flexibility index (Phi) is 6.28. The largest absolute Gasteiger partial charge is 0.481 e. The average Bonchev–Trinajstić information content (AvgIpc) is 2.57. The second kappa shape index (κ2) is 8.42. The van der Waals surface area contributed by atoms with Crippen molar-refractivity contribution in [1.82, 2.24) is 10.2 Å². The van der Waals surface area contributed by atoms with Crippen LogP contribution in [0, 0.1) is 5.82 Å². The van der Waals surface area contributed by atoms with Gasteiger partial charge in [0.25, 0.3) is 5.91 Å². The number of nitrogens with zero attached hydrogens (tertiary/aromatic N) is 1. The number of piperidine rings is 1. The zero-order chi connectivity index (χ0) is 17.5.